The van der Waals surface area contributed by atoms with Crippen LogP contribution in [0.1, 0.15) is 153 Å². The Hall–Kier alpha value is -10.6. The largest absolute Gasteiger partial charge is 0.446 e. The maximum Gasteiger partial charge on any atom is 0.446 e. The van der Waals surface area contributed by atoms with E-state index in [0.717, 1.165) is 41.3 Å². The monoisotopic (exact) mass is 1440 g/mol. The van der Waals surface area contributed by atoms with Gasteiger partial charge in [-0.2, -0.15) is 26.3 Å². The Kier molecular flexibility index (Phi) is 23.4. The zero-order valence-corrected chi connectivity index (χ0v) is 56.7. The first-order valence-electron chi connectivity index (χ1n) is 31.9. The first-order valence-corrected chi connectivity index (χ1v) is 33.1. The number of amides is 4. The summed E-state index contributed by atoms with van der Waals surface area (Å²) < 4.78 is 80.6. The van der Waals surface area contributed by atoms with E-state index >= 15 is 0 Å². The highest BCUT2D eigenvalue weighted by atomic mass is 35.5. The third-order valence-corrected chi connectivity index (χ3v) is 18.7. The predicted octanol–water partition coefficient (Wildman–Crippen LogP) is 13.8. The number of aryl methyl sites for hydroxylation is 5. The highest BCUT2D eigenvalue weighted by Gasteiger charge is 2.34. The van der Waals surface area contributed by atoms with E-state index in [0.29, 0.717) is 117 Å². The molecule has 9 aromatic rings. The zero-order chi connectivity index (χ0) is 72.9. The number of hydrogen-bond acceptors (Lipinski definition) is 13. The molecule has 1 aliphatic carbocycles. The van der Waals surface area contributed by atoms with Crippen LogP contribution in [0.2, 0.25) is 5.02 Å². The molecule has 19 nitrogen and oxygen atoms in total. The standard InChI is InChI=1S/C26H25ClN2O3.C24H21F3N4O3S.C24H21F3N4O3.CH4/c1-15-7-11-22(24(31)13-15)29-17(3)28-21-6-4-5-18(25(21)26(29)32)9-12-23(30)19-8-10-20(27)16(2)14-19;1-13-6-11-19(22(33)29-13)31-14(2)30-18-5-3-4-16(20(18)23(31)34)12-28-21(32)15-7-9-17(10-8-15)35-24(25,26)27;1-13-9-10-19(22(33)29-13)31-14(2)30-18-8-4-6-16(20(18)23(31)34)12-28-21(32)15-5-3-7-17(11-15)24(25,26)27;/h4-6,8,10,14,22H,1,7,9,11-13H2,2-3H3;3-5,7-10,19H,1,6,11-12H2,2H3,(H,28,32)(H,29,33);3-8,11,19H,1,9-10,12H2,2H3,(H,28,32)(H,29,33);1H4. The number of nitrogens with zero attached hydrogens (tertiary/aromatic N) is 6. The number of Topliss-reactive ketones (excluding diaryl/α,β-unsaturated/α-hetero) is 2. The molecule has 0 spiro atoms. The van der Waals surface area contributed by atoms with Crippen molar-refractivity contribution in [2.24, 2.45) is 0 Å². The normalized spacial score (nSPS) is 16.2. The first kappa shape index (κ1) is 75.6. The average Bonchev–Trinajstić information content (AvgIpc) is 0.774. The summed E-state index contributed by atoms with van der Waals surface area (Å²) in [5.41, 5.74) is 0.307. The minimum Gasteiger partial charge on any atom is -0.348 e. The Morgan fingerprint density at radius 3 is 1.46 bits per heavy atom. The third-order valence-electron chi connectivity index (χ3n) is 17.5. The van der Waals surface area contributed by atoms with E-state index in [1.165, 1.54) is 44.0 Å². The molecule has 530 valence electrons. The number of allylic oxidation sites excluding steroid dienone is 3. The Balaban J connectivity index is 0.000000177. The van der Waals surface area contributed by atoms with Crippen LogP contribution in [0.15, 0.2) is 177 Å². The fourth-order valence-electron chi connectivity index (χ4n) is 12.5. The van der Waals surface area contributed by atoms with E-state index in [2.05, 4.69) is 56.0 Å². The van der Waals surface area contributed by atoms with Crippen molar-refractivity contribution in [2.75, 3.05) is 0 Å². The van der Waals surface area contributed by atoms with E-state index in [1.54, 1.807) is 81.4 Å². The summed E-state index contributed by atoms with van der Waals surface area (Å²) in [7, 11) is 0. The molecule has 3 fully saturated rings. The van der Waals surface area contributed by atoms with Gasteiger partial charge in [0.05, 0.1) is 44.3 Å². The number of fused-ring (bicyclic) bond motifs is 3. The van der Waals surface area contributed by atoms with Gasteiger partial charge in [-0.15, -0.1) is 0 Å². The van der Waals surface area contributed by atoms with Crippen LogP contribution in [-0.2, 0) is 40.1 Å². The number of benzene rings is 6. The van der Waals surface area contributed by atoms with Crippen molar-refractivity contribution in [2.45, 2.75) is 141 Å². The molecule has 27 heteroatoms. The fourth-order valence-corrected chi connectivity index (χ4v) is 13.2. The molecule has 102 heavy (non-hydrogen) atoms. The minimum absolute atomic E-state index is 0. The second-order valence-corrected chi connectivity index (χ2v) is 26.1. The summed E-state index contributed by atoms with van der Waals surface area (Å²) >= 11 is 5.81. The van der Waals surface area contributed by atoms with Crippen molar-refractivity contribution in [3.05, 3.63) is 256 Å². The molecule has 1 saturated carbocycles. The number of halogens is 7. The van der Waals surface area contributed by atoms with Crippen molar-refractivity contribution in [1.82, 2.24) is 49.9 Å². The Labute approximate surface area is 590 Å². The van der Waals surface area contributed by atoms with Crippen LogP contribution in [0.25, 0.3) is 32.7 Å². The van der Waals surface area contributed by atoms with Crippen LogP contribution in [-0.4, -0.2) is 69.4 Å². The summed E-state index contributed by atoms with van der Waals surface area (Å²) in [4.78, 5) is 130. The highest BCUT2D eigenvalue weighted by molar-refractivity contribution is 8.00. The number of aromatic nitrogens is 6. The van der Waals surface area contributed by atoms with Gasteiger partial charge in [0.1, 0.15) is 29.6 Å². The topological polar surface area (TPSA) is 255 Å². The summed E-state index contributed by atoms with van der Waals surface area (Å²) in [6.07, 6.45) is -0.452. The van der Waals surface area contributed by atoms with E-state index in [1.807, 2.05) is 19.1 Å². The zero-order valence-electron chi connectivity index (χ0n) is 55.1. The van der Waals surface area contributed by atoms with Crippen molar-refractivity contribution in [1.29, 1.82) is 0 Å². The SMILES string of the molecule is C.C=C1CCC(n2c(C)nc3cccc(CCC(=O)c4ccc(Cl)c(C)c4)c3c2=O)C(=O)C1.C=C1CCC(n2c(C)nc3cccc(CNC(=O)c4ccc(SC(F)(F)F)cc4)c3c2=O)C(=O)N1.C=C1CCC(n2c(C)nc3cccc(CNC(=O)c4cccc(C(F)(F)F)c4)c3c2=O)C(=O)N1. The molecular formula is C75H71ClF6N10O9S. The number of alkyl halides is 6. The fraction of sp³-hybridized carbons (Fsp3) is 0.280. The van der Waals surface area contributed by atoms with Crippen LogP contribution in [0.5, 0.6) is 0 Å². The molecule has 5 heterocycles. The number of piperidine rings is 2. The van der Waals surface area contributed by atoms with Gasteiger partial charge < -0.3 is 21.3 Å². The van der Waals surface area contributed by atoms with Crippen molar-refractivity contribution >= 4 is 91.3 Å². The van der Waals surface area contributed by atoms with Crippen LogP contribution in [0.4, 0.5) is 26.3 Å². The van der Waals surface area contributed by atoms with Crippen LogP contribution in [0.3, 0.4) is 0 Å². The lowest BCUT2D eigenvalue weighted by Gasteiger charge is -2.26. The van der Waals surface area contributed by atoms with Crippen LogP contribution in [0, 0.1) is 27.7 Å². The molecule has 4 amide bonds. The number of hydrogen-bond donors (Lipinski definition) is 4. The van der Waals surface area contributed by atoms with Crippen LogP contribution < -0.4 is 37.9 Å². The molecule has 0 bridgehead atoms. The van der Waals surface area contributed by atoms with Gasteiger partial charge in [-0.05, 0) is 186 Å². The molecule has 3 aromatic heterocycles. The van der Waals surface area contributed by atoms with E-state index < -0.39 is 58.3 Å². The van der Waals surface area contributed by atoms with Crippen molar-refractivity contribution in [3.63, 3.8) is 0 Å². The summed E-state index contributed by atoms with van der Waals surface area (Å²) in [5, 5.41) is 12.2. The smallest absolute Gasteiger partial charge is 0.348 e. The predicted molar refractivity (Wildman–Crippen MR) is 378 cm³/mol. The number of ketones is 2. The van der Waals surface area contributed by atoms with Gasteiger partial charge in [0.2, 0.25) is 11.8 Å². The minimum atomic E-state index is -4.57. The van der Waals surface area contributed by atoms with Gasteiger partial charge in [0.25, 0.3) is 28.5 Å². The number of thioether (sulfide) groups is 1. The Morgan fingerprint density at radius 2 is 1.00 bits per heavy atom. The number of nitrogens with one attached hydrogen (secondary N) is 4. The second-order valence-electron chi connectivity index (χ2n) is 24.6. The molecule has 3 atom stereocenters. The average molecular weight is 1440 g/mol. The van der Waals surface area contributed by atoms with E-state index in [9.17, 15) is 69.5 Å². The summed E-state index contributed by atoms with van der Waals surface area (Å²) in [6.45, 7) is 18.2. The lowest BCUT2D eigenvalue weighted by atomic mass is 9.90. The molecule has 0 radical (unpaired) electrons. The third kappa shape index (κ3) is 17.2. The molecule has 3 unspecified atom stereocenters. The van der Waals surface area contributed by atoms with Crippen LogP contribution >= 0.6 is 23.4 Å². The Morgan fingerprint density at radius 1 is 0.559 bits per heavy atom. The molecule has 4 N–H and O–H groups in total. The molecule has 2 aliphatic heterocycles. The second kappa shape index (κ2) is 31.5. The van der Waals surface area contributed by atoms with Crippen molar-refractivity contribution < 1.29 is 55.1 Å². The summed E-state index contributed by atoms with van der Waals surface area (Å²) in [5.74, 6) is -0.614. The molecule has 2 saturated heterocycles. The van der Waals surface area contributed by atoms with E-state index in [4.69, 9.17) is 11.6 Å². The van der Waals surface area contributed by atoms with Gasteiger partial charge in [-0.1, -0.05) is 86.8 Å². The van der Waals surface area contributed by atoms with Crippen molar-refractivity contribution in [3.8, 4) is 0 Å². The molecule has 12 rings (SSSR count). The quantitative estimate of drug-likeness (QED) is 0.0342. The molecule has 3 aliphatic rings. The van der Waals surface area contributed by atoms with Gasteiger partial charge in [-0.25, -0.2) is 15.0 Å². The number of carbonyl (C=O) groups excluding carboxylic acids is 6. The van der Waals surface area contributed by atoms with Gasteiger partial charge >= 0.3 is 11.7 Å². The summed E-state index contributed by atoms with van der Waals surface area (Å²) in [6, 6.07) is 27.9. The maximum absolute atomic E-state index is 13.5. The maximum atomic E-state index is 13.5. The van der Waals surface area contributed by atoms with Gasteiger partial charge in [-0.3, -0.25) is 56.9 Å². The first-order chi connectivity index (χ1) is 47.8. The molecular weight excluding hydrogens is 1370 g/mol. The number of carbonyl (C=O) groups is 6. The highest BCUT2D eigenvalue weighted by Crippen LogP contribution is 2.37. The Bertz CT molecular complexity index is 5090. The van der Waals surface area contributed by atoms with Gasteiger partial charge in [0, 0.05) is 63.9 Å². The lowest BCUT2D eigenvalue weighted by molar-refractivity contribution is -0.137. The van der Waals surface area contributed by atoms with E-state index in [-0.39, 0.29) is 94.4 Å². The molecule has 6 aromatic carbocycles. The van der Waals surface area contributed by atoms with Gasteiger partial charge in [0.15, 0.2) is 11.6 Å². The lowest BCUT2D eigenvalue weighted by Crippen LogP contribution is -2.41. The number of rotatable bonds is 14.